The fourth-order valence-electron chi connectivity index (χ4n) is 7.29. The summed E-state index contributed by atoms with van der Waals surface area (Å²) >= 11 is 0. The first-order chi connectivity index (χ1) is 25.4. The van der Waals surface area contributed by atoms with Crippen LogP contribution in [0.1, 0.15) is 86.7 Å². The zero-order valence-corrected chi connectivity index (χ0v) is 35.3. The number of aliphatic hydroxyl groups excluding tert-OH is 4. The van der Waals surface area contributed by atoms with Gasteiger partial charge in [0, 0.05) is 37.5 Å². The summed E-state index contributed by atoms with van der Waals surface area (Å²) in [6, 6.07) is 5.46. The number of carbonyl (C=O) groups is 1. The van der Waals surface area contributed by atoms with Crippen molar-refractivity contribution in [3.05, 3.63) is 58.7 Å². The number of para-hydroxylation sites is 2. The molecule has 0 aliphatic carbocycles. The number of aliphatic hydroxyl groups is 4. The summed E-state index contributed by atoms with van der Waals surface area (Å²) in [5.41, 5.74) is -1.26. The molecule has 2 aromatic carbocycles. The van der Waals surface area contributed by atoms with Crippen molar-refractivity contribution < 1.29 is 108 Å². The summed E-state index contributed by atoms with van der Waals surface area (Å²) in [6.45, 7) is 1.19. The van der Waals surface area contributed by atoms with Crippen LogP contribution >= 0.6 is 15.2 Å². The highest BCUT2D eigenvalue weighted by atomic mass is 35.5. The Bertz CT molecular complexity index is 1570. The smallest absolute Gasteiger partial charge is 0.379 e. The molecule has 56 heavy (non-hydrogen) atoms. The molecule has 0 aliphatic heterocycles. The number of hydrogen-bond donors (Lipinski definition) is 12. The molecule has 0 fully saturated rings. The van der Waals surface area contributed by atoms with Gasteiger partial charge in [0.25, 0.3) is 0 Å². The van der Waals surface area contributed by atoms with Crippen LogP contribution in [0.15, 0.2) is 36.4 Å². The average Bonchev–Trinajstić information content (AvgIpc) is 3.11. The van der Waals surface area contributed by atoms with Gasteiger partial charge in [-0.1, -0.05) is 30.7 Å². The first kappa shape index (κ1) is 54.3. The molecular formula is C35H60Cl2N2O15P2. The number of quaternary nitrogens is 2. The van der Waals surface area contributed by atoms with Crippen molar-refractivity contribution in [1.29, 1.82) is 0 Å². The number of phenols is 2. The second-order valence-corrected chi connectivity index (χ2v) is 17.0. The van der Waals surface area contributed by atoms with E-state index in [9.17, 15) is 64.1 Å². The van der Waals surface area contributed by atoms with E-state index in [1.165, 1.54) is 57.4 Å². The van der Waals surface area contributed by atoms with Crippen LogP contribution in [0.2, 0.25) is 0 Å². The first-order valence-electron chi connectivity index (χ1n) is 17.8. The van der Waals surface area contributed by atoms with Crippen LogP contribution in [0, 0.1) is 0 Å². The molecule has 0 saturated heterocycles. The second-order valence-electron chi connectivity index (χ2n) is 13.7. The molecule has 0 heterocycles. The van der Waals surface area contributed by atoms with Gasteiger partial charge in [0.2, 0.25) is 0 Å². The summed E-state index contributed by atoms with van der Waals surface area (Å²) in [7, 11) is -8.42. The Morgan fingerprint density at radius 3 is 1.75 bits per heavy atom. The molecule has 0 radical (unpaired) electrons. The topological polar surface area (TPSA) is 281 Å². The SMILES string of the molecule is COCCOCCC(=O)CCCCCC(CO)(C(CO)[NH+](CP(=O)(O)O)C(C)c1cccc(CO)c1O)[NH+](CP(=O)(O)O)C(C)c1cccc(CO)c1O.[Cl-].[Cl-]. The van der Waals surface area contributed by atoms with Crippen molar-refractivity contribution in [1.82, 2.24) is 0 Å². The molecule has 2 rings (SSSR count). The number of ether oxygens (including phenoxy) is 2. The number of methoxy groups -OCH3 is 1. The lowest BCUT2D eigenvalue weighted by Gasteiger charge is -2.49. The Labute approximate surface area is 340 Å². The molecule has 324 valence electrons. The van der Waals surface area contributed by atoms with Gasteiger partial charge in [0.05, 0.1) is 44.2 Å². The molecule has 17 nitrogen and oxygen atoms in total. The Kier molecular flexibility index (Phi) is 24.9. The number of aromatic hydroxyl groups is 2. The van der Waals surface area contributed by atoms with Crippen molar-refractivity contribution >= 4 is 21.0 Å². The number of Topliss-reactive ketones (excluding diaryl/α,β-unsaturated/α-hetero) is 1. The summed E-state index contributed by atoms with van der Waals surface area (Å²) in [4.78, 5) is 54.1. The zero-order valence-electron chi connectivity index (χ0n) is 32.0. The van der Waals surface area contributed by atoms with Crippen LogP contribution in [0.4, 0.5) is 0 Å². The van der Waals surface area contributed by atoms with Crippen molar-refractivity contribution in [3.8, 4) is 11.5 Å². The molecule has 0 spiro atoms. The molecule has 0 bridgehead atoms. The molecule has 12 N–H and O–H groups in total. The number of carbonyl (C=O) groups excluding carboxylic acids is 1. The van der Waals surface area contributed by atoms with Gasteiger partial charge in [-0.05, 0) is 38.8 Å². The summed E-state index contributed by atoms with van der Waals surface area (Å²) in [5, 5.41) is 64.6. The normalized spacial score (nSPS) is 15.8. The molecule has 0 saturated carbocycles. The molecule has 0 aliphatic rings. The van der Waals surface area contributed by atoms with E-state index in [-0.39, 0.29) is 106 Å². The van der Waals surface area contributed by atoms with Crippen molar-refractivity contribution in [2.75, 3.05) is 52.7 Å². The van der Waals surface area contributed by atoms with Gasteiger partial charge < -0.3 is 94.3 Å². The van der Waals surface area contributed by atoms with E-state index < -0.39 is 77.9 Å². The molecule has 6 unspecified atom stereocenters. The van der Waals surface area contributed by atoms with Gasteiger partial charge in [0.1, 0.15) is 42.6 Å². The number of benzene rings is 2. The molecule has 2 aromatic rings. The summed E-state index contributed by atoms with van der Waals surface area (Å²) < 4.78 is 36.0. The molecule has 0 aromatic heterocycles. The van der Waals surface area contributed by atoms with E-state index in [1.54, 1.807) is 0 Å². The van der Waals surface area contributed by atoms with Gasteiger partial charge in [-0.15, -0.1) is 0 Å². The third kappa shape index (κ3) is 15.8. The maximum Gasteiger partial charge on any atom is 0.379 e. The minimum absolute atomic E-state index is 0. The van der Waals surface area contributed by atoms with E-state index in [2.05, 4.69) is 0 Å². The van der Waals surface area contributed by atoms with E-state index >= 15 is 0 Å². The highest BCUT2D eigenvalue weighted by Gasteiger charge is 2.57. The number of rotatable bonds is 27. The predicted molar refractivity (Wildman–Crippen MR) is 197 cm³/mol. The number of hydrogen-bond acceptors (Lipinski definition) is 11. The highest BCUT2D eigenvalue weighted by molar-refractivity contribution is 7.51. The Balaban J connectivity index is 0.0000151. The van der Waals surface area contributed by atoms with Gasteiger partial charge >= 0.3 is 15.2 Å². The van der Waals surface area contributed by atoms with Crippen molar-refractivity contribution in [2.24, 2.45) is 0 Å². The lowest BCUT2D eigenvalue weighted by molar-refractivity contribution is -1.03. The minimum Gasteiger partial charge on any atom is -1.00 e. The minimum atomic E-state index is -4.99. The third-order valence-corrected chi connectivity index (χ3v) is 11.7. The maximum absolute atomic E-state index is 12.9. The predicted octanol–water partition coefficient (Wildman–Crippen LogP) is -6.38. The van der Waals surface area contributed by atoms with Gasteiger partial charge in [-0.2, -0.15) is 0 Å². The fourth-order valence-corrected chi connectivity index (χ4v) is 9.29. The molecule has 6 atom stereocenters. The van der Waals surface area contributed by atoms with Crippen molar-refractivity contribution in [2.45, 2.75) is 89.3 Å². The Morgan fingerprint density at radius 2 is 1.29 bits per heavy atom. The number of ketones is 1. The van der Waals surface area contributed by atoms with Crippen LogP contribution < -0.4 is 34.6 Å². The molecule has 21 heteroatoms. The summed E-state index contributed by atoms with van der Waals surface area (Å²) in [6.07, 6.45) is -0.543. The highest BCUT2D eigenvalue weighted by Crippen LogP contribution is 2.37. The van der Waals surface area contributed by atoms with Crippen LogP contribution in [-0.4, -0.2) is 120 Å². The number of unbranched alkanes of at least 4 members (excludes halogenated alkanes) is 2. The van der Waals surface area contributed by atoms with Gasteiger partial charge in [0.15, 0.2) is 24.2 Å². The van der Waals surface area contributed by atoms with E-state index in [0.717, 1.165) is 0 Å². The first-order valence-corrected chi connectivity index (χ1v) is 21.4. The lowest BCUT2D eigenvalue weighted by Crippen LogP contribution is -3.30. The maximum atomic E-state index is 12.9. The largest absolute Gasteiger partial charge is 1.00 e. The van der Waals surface area contributed by atoms with Crippen LogP contribution in [0.25, 0.3) is 0 Å². The van der Waals surface area contributed by atoms with E-state index in [4.69, 9.17) is 9.47 Å². The second kappa shape index (κ2) is 25.7. The zero-order chi connectivity index (χ0) is 40.7. The van der Waals surface area contributed by atoms with Crippen LogP contribution in [-0.2, 0) is 36.6 Å². The third-order valence-electron chi connectivity index (χ3n) is 10.2. The summed E-state index contributed by atoms with van der Waals surface area (Å²) in [5.74, 6) is -0.757. The van der Waals surface area contributed by atoms with Crippen LogP contribution in [0.5, 0.6) is 11.5 Å². The lowest BCUT2D eigenvalue weighted by atomic mass is 9.80. The Morgan fingerprint density at radius 1 is 0.750 bits per heavy atom. The van der Waals surface area contributed by atoms with E-state index in [0.29, 0.717) is 26.1 Å². The van der Waals surface area contributed by atoms with Crippen molar-refractivity contribution in [3.63, 3.8) is 0 Å². The standard InChI is InChI=1S/C35H58N2O15P2.2ClH/c1-25(30-12-7-9-27(19-38)33(30)43)36(23-53(45,46)47)32(21-40)35(22-41,15-6-4-5-11-29(42)14-16-52-18-17-51-3)37(24-54(48,49)50)26(2)31-13-8-10-28(20-39)34(31)44;;/h7-10,12-13,25-26,32,38-41,43-44H,4-6,11,14-24H2,1-3H3,(H2,45,46,47)(H2,48,49,50);2*1H. The number of nitrogens with one attached hydrogen (secondary N) is 2. The van der Waals surface area contributed by atoms with Gasteiger partial charge in [-0.25, -0.2) is 0 Å². The van der Waals surface area contributed by atoms with Crippen LogP contribution in [0.3, 0.4) is 0 Å². The van der Waals surface area contributed by atoms with Gasteiger partial charge in [-0.3, -0.25) is 13.9 Å². The Hall–Kier alpha value is -1.73. The molecule has 0 amide bonds. The monoisotopic (exact) mass is 880 g/mol. The van der Waals surface area contributed by atoms with E-state index in [1.807, 2.05) is 0 Å². The fraction of sp³-hybridized carbons (Fsp3) is 0.629. The quantitative estimate of drug-likeness (QED) is 0.0294. The number of halogens is 2. The molecular weight excluding hydrogens is 821 g/mol. The average molecular weight is 882 g/mol.